The Morgan fingerprint density at radius 1 is 1.11 bits per heavy atom. The highest BCUT2D eigenvalue weighted by molar-refractivity contribution is 5.80. The first-order valence-corrected chi connectivity index (χ1v) is 9.85. The number of hydrogen-bond donors (Lipinski definition) is 1. The van der Waals surface area contributed by atoms with Gasteiger partial charge < -0.3 is 15.1 Å². The van der Waals surface area contributed by atoms with Crippen LogP contribution in [-0.4, -0.2) is 70.7 Å². The van der Waals surface area contributed by atoms with Crippen LogP contribution in [0.2, 0.25) is 0 Å². The highest BCUT2D eigenvalue weighted by atomic mass is 16.2. The van der Waals surface area contributed by atoms with Crippen LogP contribution in [0.3, 0.4) is 0 Å². The maximum Gasteiger partial charge on any atom is 0.329 e. The van der Waals surface area contributed by atoms with Crippen LogP contribution in [0.1, 0.15) is 13.8 Å². The molecule has 1 aliphatic heterocycles. The van der Waals surface area contributed by atoms with E-state index in [4.69, 9.17) is 0 Å². The molecular weight excluding hydrogens is 342 g/mol. The maximum atomic E-state index is 12.4. The van der Waals surface area contributed by atoms with Gasteiger partial charge in [0.2, 0.25) is 5.91 Å². The highest BCUT2D eigenvalue weighted by Gasteiger charge is 2.18. The van der Waals surface area contributed by atoms with Crippen LogP contribution in [0.15, 0.2) is 29.1 Å². The second-order valence-corrected chi connectivity index (χ2v) is 7.56. The van der Waals surface area contributed by atoms with Crippen molar-refractivity contribution >= 4 is 16.9 Å². The number of piperazine rings is 1. The molecule has 0 bridgehead atoms. The molecule has 148 valence electrons. The Kier molecular flexibility index (Phi) is 6.34. The molecular formula is C20H31N5O2. The van der Waals surface area contributed by atoms with E-state index in [1.54, 1.807) is 16.2 Å². The van der Waals surface area contributed by atoms with Crippen molar-refractivity contribution in [3.63, 3.8) is 0 Å². The number of hydrogen-bond acceptors (Lipinski definition) is 4. The van der Waals surface area contributed by atoms with Crippen LogP contribution in [0.4, 0.5) is 0 Å². The maximum absolute atomic E-state index is 12.4. The molecule has 7 nitrogen and oxygen atoms in total. The van der Waals surface area contributed by atoms with Crippen molar-refractivity contribution < 1.29 is 4.79 Å². The van der Waals surface area contributed by atoms with Gasteiger partial charge in [-0.2, -0.15) is 0 Å². The van der Waals surface area contributed by atoms with Crippen LogP contribution < -0.4 is 11.0 Å². The van der Waals surface area contributed by atoms with E-state index in [9.17, 15) is 9.59 Å². The van der Waals surface area contributed by atoms with Gasteiger partial charge in [0.1, 0.15) is 6.54 Å². The fourth-order valence-electron chi connectivity index (χ4n) is 3.80. The van der Waals surface area contributed by atoms with Crippen LogP contribution >= 0.6 is 0 Å². The normalized spacial score (nSPS) is 17.3. The molecule has 0 aliphatic carbocycles. The van der Waals surface area contributed by atoms with Crippen LogP contribution in [-0.2, 0) is 18.4 Å². The number of benzene rings is 1. The number of aryl methyl sites for hydroxylation is 1. The zero-order valence-electron chi connectivity index (χ0n) is 16.6. The monoisotopic (exact) mass is 373 g/mol. The van der Waals surface area contributed by atoms with Gasteiger partial charge in [0.05, 0.1) is 11.0 Å². The summed E-state index contributed by atoms with van der Waals surface area (Å²) in [6.45, 7) is 11.6. The Morgan fingerprint density at radius 3 is 2.41 bits per heavy atom. The van der Waals surface area contributed by atoms with E-state index < -0.39 is 0 Å². The SMILES string of the molecule is CCN1CCN(CC(C)CNC(=O)Cn2c(=O)n(C)c3ccccc32)CC1. The Morgan fingerprint density at radius 2 is 1.74 bits per heavy atom. The molecule has 0 saturated carbocycles. The van der Waals surface area contributed by atoms with Gasteiger partial charge in [0.25, 0.3) is 0 Å². The number of likely N-dealkylation sites (N-methyl/N-ethyl adjacent to an activating group) is 1. The predicted octanol–water partition coefficient (Wildman–Crippen LogP) is 0.730. The number of amides is 1. The molecule has 2 aromatic rings. The lowest BCUT2D eigenvalue weighted by Crippen LogP contribution is -2.48. The van der Waals surface area contributed by atoms with E-state index in [0.717, 1.165) is 50.3 Å². The van der Waals surface area contributed by atoms with Gasteiger partial charge in [-0.1, -0.05) is 26.0 Å². The standard InChI is InChI=1S/C20H31N5O2/c1-4-23-9-11-24(12-10-23)14-16(2)13-21-19(26)15-25-18-8-6-5-7-17(18)22(3)20(25)27/h5-8,16H,4,9-15H2,1-3H3,(H,21,26). The first-order chi connectivity index (χ1) is 13.0. The second-order valence-electron chi connectivity index (χ2n) is 7.56. The van der Waals surface area contributed by atoms with Crippen molar-refractivity contribution in [1.29, 1.82) is 0 Å². The Hall–Kier alpha value is -2.12. The lowest BCUT2D eigenvalue weighted by atomic mass is 10.1. The summed E-state index contributed by atoms with van der Waals surface area (Å²) in [5.74, 6) is 0.266. The van der Waals surface area contributed by atoms with Crippen molar-refractivity contribution in [2.24, 2.45) is 13.0 Å². The first kappa shape index (κ1) is 19.6. The molecule has 1 amide bonds. The van der Waals surface area contributed by atoms with Crippen molar-refractivity contribution in [3.8, 4) is 0 Å². The summed E-state index contributed by atoms with van der Waals surface area (Å²) in [6, 6.07) is 7.55. The van der Waals surface area contributed by atoms with Crippen molar-refractivity contribution in [3.05, 3.63) is 34.7 Å². The number of carbonyl (C=O) groups excluding carboxylic acids is 1. The minimum Gasteiger partial charge on any atom is -0.354 e. The van der Waals surface area contributed by atoms with E-state index in [1.165, 1.54) is 0 Å². The zero-order valence-corrected chi connectivity index (χ0v) is 16.6. The third-order valence-corrected chi connectivity index (χ3v) is 5.48. The summed E-state index contributed by atoms with van der Waals surface area (Å²) in [5.41, 5.74) is 1.48. The summed E-state index contributed by atoms with van der Waals surface area (Å²) in [5, 5.41) is 3.00. The molecule has 1 fully saturated rings. The van der Waals surface area contributed by atoms with Crippen LogP contribution in [0, 0.1) is 5.92 Å². The molecule has 3 rings (SSSR count). The summed E-state index contributed by atoms with van der Waals surface area (Å²) < 4.78 is 3.13. The third-order valence-electron chi connectivity index (χ3n) is 5.48. The van der Waals surface area contributed by atoms with Crippen LogP contribution in [0.5, 0.6) is 0 Å². The largest absolute Gasteiger partial charge is 0.354 e. The summed E-state index contributed by atoms with van der Waals surface area (Å²) in [7, 11) is 1.74. The average Bonchev–Trinajstić information content (AvgIpc) is 2.92. The van der Waals surface area contributed by atoms with Crippen LogP contribution in [0.25, 0.3) is 11.0 Å². The van der Waals surface area contributed by atoms with Gasteiger partial charge in [0, 0.05) is 46.3 Å². The quantitative estimate of drug-likeness (QED) is 0.777. The summed E-state index contributed by atoms with van der Waals surface area (Å²) >= 11 is 0. The molecule has 1 N–H and O–H groups in total. The minimum atomic E-state index is -0.159. The van der Waals surface area contributed by atoms with Crippen molar-refractivity contribution in [1.82, 2.24) is 24.3 Å². The fourth-order valence-corrected chi connectivity index (χ4v) is 3.80. The molecule has 7 heteroatoms. The summed E-state index contributed by atoms with van der Waals surface area (Å²) in [6.07, 6.45) is 0. The van der Waals surface area contributed by atoms with E-state index in [0.29, 0.717) is 12.5 Å². The van der Waals surface area contributed by atoms with E-state index in [2.05, 4.69) is 29.0 Å². The Labute approximate surface area is 160 Å². The van der Waals surface area contributed by atoms with E-state index in [1.807, 2.05) is 24.3 Å². The second kappa shape index (κ2) is 8.71. The molecule has 1 atom stereocenters. The average molecular weight is 374 g/mol. The molecule has 1 saturated heterocycles. The number of para-hydroxylation sites is 2. The van der Waals surface area contributed by atoms with Gasteiger partial charge in [0.15, 0.2) is 0 Å². The van der Waals surface area contributed by atoms with Gasteiger partial charge in [-0.05, 0) is 24.6 Å². The predicted molar refractivity (Wildman–Crippen MR) is 108 cm³/mol. The fraction of sp³-hybridized carbons (Fsp3) is 0.600. The van der Waals surface area contributed by atoms with E-state index in [-0.39, 0.29) is 18.1 Å². The zero-order chi connectivity index (χ0) is 19.4. The van der Waals surface area contributed by atoms with Gasteiger partial charge in [-0.3, -0.25) is 13.9 Å². The van der Waals surface area contributed by atoms with Crippen molar-refractivity contribution in [2.75, 3.05) is 45.8 Å². The third kappa shape index (κ3) is 4.59. The van der Waals surface area contributed by atoms with Gasteiger partial charge >= 0.3 is 5.69 Å². The Balaban J connectivity index is 1.50. The number of fused-ring (bicyclic) bond motifs is 1. The lowest BCUT2D eigenvalue weighted by Gasteiger charge is -2.35. The molecule has 0 spiro atoms. The van der Waals surface area contributed by atoms with Gasteiger partial charge in [-0.15, -0.1) is 0 Å². The number of rotatable bonds is 7. The van der Waals surface area contributed by atoms with Gasteiger partial charge in [-0.25, -0.2) is 4.79 Å². The topological polar surface area (TPSA) is 62.5 Å². The molecule has 1 aromatic carbocycles. The molecule has 1 aliphatic rings. The number of carbonyl (C=O) groups is 1. The van der Waals surface area contributed by atoms with Crippen molar-refractivity contribution in [2.45, 2.75) is 20.4 Å². The molecule has 0 radical (unpaired) electrons. The number of imidazole rings is 1. The first-order valence-electron chi connectivity index (χ1n) is 9.85. The smallest absolute Gasteiger partial charge is 0.329 e. The lowest BCUT2D eigenvalue weighted by molar-refractivity contribution is -0.121. The number of nitrogens with zero attached hydrogens (tertiary/aromatic N) is 4. The molecule has 1 aromatic heterocycles. The molecule has 27 heavy (non-hydrogen) atoms. The Bertz CT molecular complexity index is 832. The molecule has 2 heterocycles. The number of aromatic nitrogens is 2. The number of nitrogens with one attached hydrogen (secondary N) is 1. The minimum absolute atomic E-state index is 0.0576. The summed E-state index contributed by atoms with van der Waals surface area (Å²) in [4.78, 5) is 29.7. The molecule has 1 unspecified atom stereocenters. The van der Waals surface area contributed by atoms with E-state index >= 15 is 0 Å². The highest BCUT2D eigenvalue weighted by Crippen LogP contribution is 2.11.